The molecule has 39 heavy (non-hydrogen) atoms. The zero-order valence-corrected chi connectivity index (χ0v) is 22.7. The second-order valence-corrected chi connectivity index (χ2v) is 11.1. The van der Waals surface area contributed by atoms with Gasteiger partial charge in [-0.15, -0.1) is 16.4 Å². The highest BCUT2D eigenvalue weighted by molar-refractivity contribution is 7.12. The number of hydrogen-bond donors (Lipinski definition) is 1. The van der Waals surface area contributed by atoms with Gasteiger partial charge in [0.25, 0.3) is 5.56 Å². The van der Waals surface area contributed by atoms with Crippen molar-refractivity contribution in [2.45, 2.75) is 32.7 Å². The summed E-state index contributed by atoms with van der Waals surface area (Å²) in [6.45, 7) is 4.38. The molecule has 0 spiro atoms. The van der Waals surface area contributed by atoms with Crippen LogP contribution in [0, 0.1) is 5.92 Å². The van der Waals surface area contributed by atoms with E-state index >= 15 is 0 Å². The van der Waals surface area contributed by atoms with Crippen molar-refractivity contribution >= 4 is 28.9 Å². The number of imidazole rings is 1. The molecule has 1 atom stereocenters. The summed E-state index contributed by atoms with van der Waals surface area (Å²) in [6.07, 6.45) is 4.69. The Morgan fingerprint density at radius 2 is 2.10 bits per heavy atom. The van der Waals surface area contributed by atoms with Crippen LogP contribution in [-0.4, -0.2) is 47.3 Å². The molecule has 0 saturated heterocycles. The number of hydrogen-bond acceptors (Lipinski definition) is 8. The van der Waals surface area contributed by atoms with Crippen LogP contribution in [0.5, 0.6) is 0 Å². The number of aromatic nitrogens is 7. The maximum atomic E-state index is 13.4. The number of tetrazole rings is 1. The SMILES string of the molecule is CC(C)COC(=O)c1cc(-c2cnc([C@@H]3CCc4cc(-c5cc(Cl)ccc5-n5cnnn5)cc(=O)n43)[nH]2)cs1. The molecule has 0 fully saturated rings. The first-order valence-electron chi connectivity index (χ1n) is 12.5. The Morgan fingerprint density at radius 3 is 2.90 bits per heavy atom. The first kappa shape index (κ1) is 25.2. The van der Waals surface area contributed by atoms with Crippen molar-refractivity contribution in [1.82, 2.24) is 34.7 Å². The van der Waals surface area contributed by atoms with Gasteiger partial charge in [-0.2, -0.15) is 4.68 Å². The number of carbonyl (C=O) groups excluding carboxylic acids is 1. The minimum Gasteiger partial charge on any atom is -0.461 e. The van der Waals surface area contributed by atoms with Crippen molar-refractivity contribution in [3.05, 3.63) is 86.1 Å². The lowest BCUT2D eigenvalue weighted by Gasteiger charge is -2.15. The molecule has 0 aliphatic carbocycles. The van der Waals surface area contributed by atoms with Gasteiger partial charge in [0, 0.05) is 33.3 Å². The molecule has 0 bridgehead atoms. The molecule has 1 aromatic carbocycles. The number of carbonyl (C=O) groups is 1. The molecule has 5 aromatic rings. The predicted molar refractivity (Wildman–Crippen MR) is 147 cm³/mol. The maximum absolute atomic E-state index is 13.4. The van der Waals surface area contributed by atoms with Crippen molar-refractivity contribution in [3.8, 4) is 28.1 Å². The molecule has 1 N–H and O–H groups in total. The minimum absolute atomic E-state index is 0.128. The first-order chi connectivity index (χ1) is 18.9. The molecule has 4 aromatic heterocycles. The lowest BCUT2D eigenvalue weighted by Crippen LogP contribution is -2.23. The summed E-state index contributed by atoms with van der Waals surface area (Å²) < 4.78 is 8.68. The zero-order valence-electron chi connectivity index (χ0n) is 21.2. The third-order valence-corrected chi connectivity index (χ3v) is 7.71. The summed E-state index contributed by atoms with van der Waals surface area (Å²) in [7, 11) is 0. The molecular weight excluding hydrogens is 538 g/mol. The van der Waals surface area contributed by atoms with E-state index in [0.717, 1.165) is 46.6 Å². The number of H-pyrrole nitrogens is 1. The normalized spacial score (nSPS) is 14.6. The number of fused-ring (bicyclic) bond motifs is 1. The Labute approximate surface area is 232 Å². The summed E-state index contributed by atoms with van der Waals surface area (Å²) in [5.41, 5.74) is 4.65. The fourth-order valence-corrected chi connectivity index (χ4v) is 5.74. The van der Waals surface area contributed by atoms with Crippen LogP contribution in [0.15, 0.2) is 59.1 Å². The fraction of sp³-hybridized carbons (Fsp3) is 0.259. The van der Waals surface area contributed by atoms with Gasteiger partial charge in [-0.05, 0) is 65.1 Å². The van der Waals surface area contributed by atoms with Crippen LogP contribution in [0.4, 0.5) is 0 Å². The number of aryl methyl sites for hydroxylation is 1. The Morgan fingerprint density at radius 1 is 1.23 bits per heavy atom. The Bertz CT molecular complexity index is 1720. The molecule has 6 rings (SSSR count). The zero-order chi connectivity index (χ0) is 27.1. The average molecular weight is 562 g/mol. The molecule has 0 radical (unpaired) electrons. The second kappa shape index (κ2) is 10.2. The minimum atomic E-state index is -0.324. The van der Waals surface area contributed by atoms with E-state index in [2.05, 4.69) is 25.5 Å². The topological polar surface area (TPSA) is 121 Å². The van der Waals surface area contributed by atoms with Gasteiger partial charge < -0.3 is 14.3 Å². The number of aromatic amines is 1. The van der Waals surface area contributed by atoms with Gasteiger partial charge in [-0.1, -0.05) is 25.4 Å². The Balaban J connectivity index is 1.28. The highest BCUT2D eigenvalue weighted by atomic mass is 35.5. The lowest BCUT2D eigenvalue weighted by atomic mass is 10.0. The van der Waals surface area contributed by atoms with Gasteiger partial charge >= 0.3 is 5.97 Å². The molecular formula is C27H24ClN7O3S. The number of benzene rings is 1. The van der Waals surface area contributed by atoms with Crippen LogP contribution in [0.3, 0.4) is 0 Å². The average Bonchev–Trinajstić information content (AvgIpc) is 3.72. The first-order valence-corrected chi connectivity index (χ1v) is 13.7. The molecule has 12 heteroatoms. The van der Waals surface area contributed by atoms with Gasteiger partial charge in [0.15, 0.2) is 0 Å². The van der Waals surface area contributed by atoms with Crippen molar-refractivity contribution in [2.24, 2.45) is 5.92 Å². The monoisotopic (exact) mass is 561 g/mol. The lowest BCUT2D eigenvalue weighted by molar-refractivity contribution is 0.0465. The second-order valence-electron chi connectivity index (χ2n) is 9.79. The Hall–Kier alpha value is -4.09. The number of nitrogens with one attached hydrogen (secondary N) is 1. The quantitative estimate of drug-likeness (QED) is 0.279. The summed E-state index contributed by atoms with van der Waals surface area (Å²) in [5.74, 6) is 0.649. The summed E-state index contributed by atoms with van der Waals surface area (Å²) in [6, 6.07) is 10.6. The number of halogens is 1. The van der Waals surface area contributed by atoms with Crippen LogP contribution in [0.2, 0.25) is 5.02 Å². The van der Waals surface area contributed by atoms with Crippen LogP contribution in [0.25, 0.3) is 28.1 Å². The molecule has 198 valence electrons. The van der Waals surface area contributed by atoms with E-state index in [1.807, 2.05) is 37.4 Å². The van der Waals surface area contributed by atoms with E-state index in [1.54, 1.807) is 33.6 Å². The Kier molecular flexibility index (Phi) is 6.61. The molecule has 5 heterocycles. The number of thiophene rings is 1. The fourth-order valence-electron chi connectivity index (χ4n) is 4.77. The third kappa shape index (κ3) is 4.90. The molecule has 0 amide bonds. The summed E-state index contributed by atoms with van der Waals surface area (Å²) >= 11 is 7.64. The van der Waals surface area contributed by atoms with Crippen LogP contribution >= 0.6 is 22.9 Å². The smallest absolute Gasteiger partial charge is 0.348 e. The molecule has 0 saturated carbocycles. The van der Waals surface area contributed by atoms with E-state index in [9.17, 15) is 9.59 Å². The van der Waals surface area contributed by atoms with E-state index in [0.29, 0.717) is 22.3 Å². The predicted octanol–water partition coefficient (Wildman–Crippen LogP) is 4.94. The van der Waals surface area contributed by atoms with E-state index in [1.165, 1.54) is 17.7 Å². The number of rotatable bonds is 7. The summed E-state index contributed by atoms with van der Waals surface area (Å²) in [5, 5.41) is 13.9. The van der Waals surface area contributed by atoms with Gasteiger partial charge in [0.1, 0.15) is 17.0 Å². The number of pyridine rings is 1. The number of esters is 1. The number of nitrogens with zero attached hydrogens (tertiary/aromatic N) is 6. The largest absolute Gasteiger partial charge is 0.461 e. The molecule has 0 unspecified atom stereocenters. The molecule has 10 nitrogen and oxygen atoms in total. The highest BCUT2D eigenvalue weighted by Gasteiger charge is 2.28. The van der Waals surface area contributed by atoms with Crippen LogP contribution in [0.1, 0.15) is 47.5 Å². The van der Waals surface area contributed by atoms with Gasteiger partial charge in [0.05, 0.1) is 30.2 Å². The van der Waals surface area contributed by atoms with Gasteiger partial charge in [-0.3, -0.25) is 4.79 Å². The van der Waals surface area contributed by atoms with Gasteiger partial charge in [-0.25, -0.2) is 9.78 Å². The van der Waals surface area contributed by atoms with Crippen molar-refractivity contribution in [1.29, 1.82) is 0 Å². The van der Waals surface area contributed by atoms with E-state index in [-0.39, 0.29) is 23.5 Å². The van der Waals surface area contributed by atoms with Crippen LogP contribution < -0.4 is 5.56 Å². The highest BCUT2D eigenvalue weighted by Crippen LogP contribution is 2.35. The van der Waals surface area contributed by atoms with Crippen molar-refractivity contribution < 1.29 is 9.53 Å². The summed E-state index contributed by atoms with van der Waals surface area (Å²) in [4.78, 5) is 34.3. The molecule has 1 aliphatic rings. The van der Waals surface area contributed by atoms with E-state index in [4.69, 9.17) is 16.3 Å². The maximum Gasteiger partial charge on any atom is 0.348 e. The van der Waals surface area contributed by atoms with Crippen molar-refractivity contribution in [2.75, 3.05) is 6.61 Å². The molecule has 1 aliphatic heterocycles. The van der Waals surface area contributed by atoms with Gasteiger partial charge in [0.2, 0.25) is 0 Å². The standard InChI is InChI=1S/C27H24ClN7O3S/c1-15(2)12-38-27(37)24-8-17(13-39-24)21-11-29-26(31-21)23-6-4-19-7-16(9-25(36)35(19)23)20-10-18(28)3-5-22(20)34-14-30-32-33-34/h3,5,7-11,13-15,23H,4,6,12H2,1-2H3,(H,29,31)/t23-/m0/s1. The van der Waals surface area contributed by atoms with Crippen LogP contribution in [-0.2, 0) is 11.2 Å². The third-order valence-electron chi connectivity index (χ3n) is 6.57. The number of ether oxygens (including phenoxy) is 1. The van der Waals surface area contributed by atoms with Crippen molar-refractivity contribution in [3.63, 3.8) is 0 Å². The van der Waals surface area contributed by atoms with E-state index < -0.39 is 0 Å².